The molecule has 0 spiro atoms. The highest BCUT2D eigenvalue weighted by molar-refractivity contribution is 6.30. The minimum Gasteiger partial charge on any atom is -0.506 e. The number of halogens is 1. The van der Waals surface area contributed by atoms with Gasteiger partial charge >= 0.3 is 5.97 Å². The van der Waals surface area contributed by atoms with Gasteiger partial charge in [-0.15, -0.1) is 0 Å². The number of nitrogens with zero attached hydrogens (tertiary/aromatic N) is 2. The molecule has 0 bridgehead atoms. The monoisotopic (exact) mass is 466 g/mol. The van der Waals surface area contributed by atoms with Crippen LogP contribution in [0.5, 0.6) is 23.0 Å². The van der Waals surface area contributed by atoms with Gasteiger partial charge < -0.3 is 25.2 Å². The lowest BCUT2D eigenvalue weighted by Crippen LogP contribution is -2.04. The Labute approximate surface area is 193 Å². The van der Waals surface area contributed by atoms with Crippen LogP contribution in [0.3, 0.4) is 0 Å². The zero-order valence-electron chi connectivity index (χ0n) is 17.4. The number of hydrogen-bond donors (Lipinski definition) is 4. The number of phenols is 3. The highest BCUT2D eigenvalue weighted by atomic mass is 35.5. The molecule has 9 heteroatoms. The smallest absolute Gasteiger partial charge is 0.354 e. The van der Waals surface area contributed by atoms with Gasteiger partial charge in [0.2, 0.25) is 0 Å². The molecule has 0 aliphatic carbocycles. The summed E-state index contributed by atoms with van der Waals surface area (Å²) < 4.78 is 7.16. The molecule has 4 N–H and O–H groups in total. The van der Waals surface area contributed by atoms with Crippen molar-refractivity contribution >= 4 is 17.6 Å². The maximum Gasteiger partial charge on any atom is 0.354 e. The molecule has 0 aliphatic rings. The molecule has 3 aromatic carbocycles. The lowest BCUT2D eigenvalue weighted by Gasteiger charge is -2.16. The third-order valence-electron chi connectivity index (χ3n) is 5.09. The van der Waals surface area contributed by atoms with Crippen LogP contribution in [0.15, 0.2) is 60.7 Å². The molecule has 0 atom stereocenters. The number of carboxylic acid groups (broad SMARTS) is 1. The van der Waals surface area contributed by atoms with Crippen LogP contribution in [0.1, 0.15) is 16.1 Å². The molecule has 0 aliphatic heterocycles. The van der Waals surface area contributed by atoms with Gasteiger partial charge in [0.05, 0.1) is 11.3 Å². The average molecular weight is 467 g/mol. The van der Waals surface area contributed by atoms with Crippen molar-refractivity contribution < 1.29 is 30.0 Å². The quantitative estimate of drug-likeness (QED) is 0.301. The lowest BCUT2D eigenvalue weighted by molar-refractivity contribution is 0.0685. The molecule has 1 aromatic heterocycles. The third kappa shape index (κ3) is 4.42. The Morgan fingerprint density at radius 3 is 2.36 bits per heavy atom. The molecule has 0 amide bonds. The molecule has 0 radical (unpaired) electrons. The van der Waals surface area contributed by atoms with Crippen molar-refractivity contribution in [2.75, 3.05) is 0 Å². The number of ether oxygens (including phenoxy) is 1. The van der Waals surface area contributed by atoms with Gasteiger partial charge in [0.1, 0.15) is 23.8 Å². The van der Waals surface area contributed by atoms with E-state index in [1.54, 1.807) is 24.3 Å². The number of aromatic nitrogens is 2. The summed E-state index contributed by atoms with van der Waals surface area (Å²) in [6.07, 6.45) is 0. The number of aromatic carboxylic acids is 1. The maximum absolute atomic E-state index is 11.4. The Kier molecular flexibility index (Phi) is 5.85. The van der Waals surface area contributed by atoms with Crippen LogP contribution >= 0.6 is 11.6 Å². The number of aryl methyl sites for hydroxylation is 1. The van der Waals surface area contributed by atoms with Gasteiger partial charge in [0.15, 0.2) is 11.5 Å². The highest BCUT2D eigenvalue weighted by Gasteiger charge is 2.21. The van der Waals surface area contributed by atoms with Gasteiger partial charge in [-0.05, 0) is 53.6 Å². The maximum atomic E-state index is 11.4. The second kappa shape index (κ2) is 8.76. The first-order valence-corrected chi connectivity index (χ1v) is 10.2. The number of benzene rings is 3. The van der Waals surface area contributed by atoms with E-state index in [2.05, 4.69) is 5.10 Å². The van der Waals surface area contributed by atoms with Crippen molar-refractivity contribution in [1.29, 1.82) is 0 Å². The average Bonchev–Trinajstić information content (AvgIpc) is 3.17. The fourth-order valence-electron chi connectivity index (χ4n) is 3.40. The minimum atomic E-state index is -1.15. The Morgan fingerprint density at radius 2 is 1.73 bits per heavy atom. The summed E-state index contributed by atoms with van der Waals surface area (Å²) >= 11 is 5.93. The van der Waals surface area contributed by atoms with E-state index in [0.29, 0.717) is 16.3 Å². The summed E-state index contributed by atoms with van der Waals surface area (Å²) in [5.41, 5.74) is 1.96. The number of phenolic OH excluding ortho intramolecular Hbond substituents is 3. The second-order valence-electron chi connectivity index (χ2n) is 7.30. The summed E-state index contributed by atoms with van der Waals surface area (Å²) in [5.74, 6) is -1.74. The van der Waals surface area contributed by atoms with Gasteiger partial charge in [0.25, 0.3) is 0 Å². The van der Waals surface area contributed by atoms with Crippen molar-refractivity contribution in [2.45, 2.75) is 6.61 Å². The van der Waals surface area contributed by atoms with Crippen LogP contribution in [0.25, 0.3) is 22.4 Å². The van der Waals surface area contributed by atoms with E-state index in [1.165, 1.54) is 36.0 Å². The van der Waals surface area contributed by atoms with E-state index in [0.717, 1.165) is 5.56 Å². The molecule has 168 valence electrons. The first-order chi connectivity index (χ1) is 15.7. The first kappa shape index (κ1) is 22.0. The molecular weight excluding hydrogens is 448 g/mol. The summed E-state index contributed by atoms with van der Waals surface area (Å²) in [7, 11) is 1.49. The minimum absolute atomic E-state index is 0.0451. The summed E-state index contributed by atoms with van der Waals surface area (Å²) in [6.45, 7) is 0.180. The number of rotatable bonds is 6. The molecule has 8 nitrogen and oxygen atoms in total. The number of carboxylic acids is 1. The van der Waals surface area contributed by atoms with Crippen LogP contribution in [0.4, 0.5) is 0 Å². The predicted molar refractivity (Wildman–Crippen MR) is 122 cm³/mol. The van der Waals surface area contributed by atoms with Crippen LogP contribution in [-0.2, 0) is 13.7 Å². The van der Waals surface area contributed by atoms with E-state index >= 15 is 0 Å². The Morgan fingerprint density at radius 1 is 1.00 bits per heavy atom. The van der Waals surface area contributed by atoms with Crippen LogP contribution < -0.4 is 4.74 Å². The van der Waals surface area contributed by atoms with Crippen molar-refractivity contribution in [3.05, 3.63) is 76.9 Å². The van der Waals surface area contributed by atoms with Crippen LogP contribution in [0.2, 0.25) is 5.02 Å². The molecule has 4 aromatic rings. The molecule has 1 heterocycles. The Balaban J connectivity index is 1.81. The normalized spacial score (nSPS) is 10.8. The molecule has 4 rings (SSSR count). The number of hydrogen-bond acceptors (Lipinski definition) is 6. The lowest BCUT2D eigenvalue weighted by atomic mass is 9.98. The van der Waals surface area contributed by atoms with E-state index in [-0.39, 0.29) is 46.4 Å². The van der Waals surface area contributed by atoms with E-state index < -0.39 is 5.97 Å². The van der Waals surface area contributed by atoms with E-state index in [4.69, 9.17) is 16.3 Å². The number of aromatic hydroxyl groups is 3. The van der Waals surface area contributed by atoms with Gasteiger partial charge in [-0.25, -0.2) is 4.79 Å². The Hall–Kier alpha value is -4.17. The predicted octanol–water partition coefficient (Wildman–Crippen LogP) is 4.80. The molecule has 0 unspecified atom stereocenters. The second-order valence-corrected chi connectivity index (χ2v) is 7.73. The molecular formula is C24H19ClN2O6. The highest BCUT2D eigenvalue weighted by Crippen LogP contribution is 2.45. The molecule has 0 saturated carbocycles. The van der Waals surface area contributed by atoms with Crippen molar-refractivity contribution in [1.82, 2.24) is 9.78 Å². The number of carbonyl (C=O) groups is 1. The van der Waals surface area contributed by atoms with Gasteiger partial charge in [-0.1, -0.05) is 29.8 Å². The van der Waals surface area contributed by atoms with E-state index in [1.807, 2.05) is 12.1 Å². The molecule has 0 fully saturated rings. The SMILES string of the molecule is Cn1nc(-c2ccc(OCc3ccc(Cl)cc3)c(-c3ccc(O)c(O)c3)c2O)cc1C(=O)O. The van der Waals surface area contributed by atoms with Crippen molar-refractivity contribution in [2.24, 2.45) is 7.05 Å². The topological polar surface area (TPSA) is 125 Å². The zero-order valence-corrected chi connectivity index (χ0v) is 18.1. The van der Waals surface area contributed by atoms with Crippen molar-refractivity contribution in [3.63, 3.8) is 0 Å². The zero-order chi connectivity index (χ0) is 23.7. The standard InChI is InChI=1S/C24H19ClN2O6/c1-27-18(24(31)32)11-17(26-27)16-7-9-21(33-12-13-2-5-15(25)6-3-13)22(23(16)30)14-4-8-19(28)20(29)10-14/h2-11,28-30H,12H2,1H3,(H,31,32). The molecule has 0 saturated heterocycles. The summed E-state index contributed by atoms with van der Waals surface area (Å²) in [6, 6.07) is 15.8. The molecule has 33 heavy (non-hydrogen) atoms. The fourth-order valence-corrected chi connectivity index (χ4v) is 3.52. The third-order valence-corrected chi connectivity index (χ3v) is 5.34. The summed E-state index contributed by atoms with van der Waals surface area (Å²) in [5, 5.41) is 45.0. The van der Waals surface area contributed by atoms with Crippen LogP contribution in [0, 0.1) is 0 Å². The first-order valence-electron chi connectivity index (χ1n) is 9.78. The van der Waals surface area contributed by atoms with Crippen LogP contribution in [-0.4, -0.2) is 36.2 Å². The van der Waals surface area contributed by atoms with Crippen molar-refractivity contribution in [3.8, 4) is 45.4 Å². The van der Waals surface area contributed by atoms with E-state index in [9.17, 15) is 25.2 Å². The summed E-state index contributed by atoms with van der Waals surface area (Å²) in [4.78, 5) is 11.4. The fraction of sp³-hybridized carbons (Fsp3) is 0.0833. The largest absolute Gasteiger partial charge is 0.506 e. The van der Waals surface area contributed by atoms with Gasteiger partial charge in [-0.2, -0.15) is 5.10 Å². The Bertz CT molecular complexity index is 1350. The van der Waals surface area contributed by atoms with Gasteiger partial charge in [0, 0.05) is 17.6 Å². The van der Waals surface area contributed by atoms with Gasteiger partial charge in [-0.3, -0.25) is 4.68 Å².